The van der Waals surface area contributed by atoms with Gasteiger partial charge in [0, 0.05) is 17.7 Å². The van der Waals surface area contributed by atoms with Crippen molar-refractivity contribution < 1.29 is 14.3 Å². The van der Waals surface area contributed by atoms with Crippen LogP contribution in [0.2, 0.25) is 0 Å². The van der Waals surface area contributed by atoms with E-state index >= 15 is 0 Å². The molecule has 0 spiro atoms. The summed E-state index contributed by atoms with van der Waals surface area (Å²) in [6.45, 7) is 0.360. The predicted octanol–water partition coefficient (Wildman–Crippen LogP) is 2.50. The van der Waals surface area contributed by atoms with Crippen molar-refractivity contribution in [3.63, 3.8) is 0 Å². The Morgan fingerprint density at radius 2 is 2.30 bits per heavy atom. The highest BCUT2D eigenvalue weighted by molar-refractivity contribution is 7.99. The van der Waals surface area contributed by atoms with E-state index in [4.69, 9.17) is 15.2 Å². The van der Waals surface area contributed by atoms with Crippen LogP contribution in [0.4, 0.5) is 0 Å². The molecule has 1 atom stereocenters. The molecule has 1 heterocycles. The molecule has 2 rings (SSSR count). The van der Waals surface area contributed by atoms with Crippen LogP contribution >= 0.6 is 11.8 Å². The molecule has 1 fully saturated rings. The average molecular weight is 295 g/mol. The van der Waals surface area contributed by atoms with Gasteiger partial charge >= 0.3 is 0 Å². The van der Waals surface area contributed by atoms with E-state index in [0.29, 0.717) is 30.0 Å². The summed E-state index contributed by atoms with van der Waals surface area (Å²) in [6.07, 6.45) is 2.84. The van der Waals surface area contributed by atoms with Crippen LogP contribution in [0.5, 0.6) is 11.5 Å². The van der Waals surface area contributed by atoms with Crippen molar-refractivity contribution in [3.8, 4) is 11.5 Å². The lowest BCUT2D eigenvalue weighted by atomic mass is 10.1. The lowest BCUT2D eigenvalue weighted by Gasteiger charge is -2.23. The second-order valence-corrected chi connectivity index (χ2v) is 5.93. The molecule has 2 N–H and O–H groups in total. The number of methoxy groups -OCH3 is 1. The molecule has 1 saturated heterocycles. The van der Waals surface area contributed by atoms with Crippen LogP contribution in [-0.4, -0.2) is 37.0 Å². The Balaban J connectivity index is 2.10. The van der Waals surface area contributed by atoms with Gasteiger partial charge in [0.05, 0.1) is 7.11 Å². The molecule has 0 aromatic heterocycles. The maximum atomic E-state index is 11.8. The third-order valence-corrected chi connectivity index (χ3v) is 4.45. The molecule has 0 amide bonds. The summed E-state index contributed by atoms with van der Waals surface area (Å²) in [4.78, 5) is 11.8. The smallest absolute Gasteiger partial charge is 0.164 e. The zero-order chi connectivity index (χ0) is 14.4. The van der Waals surface area contributed by atoms with Crippen LogP contribution in [0.25, 0.3) is 0 Å². The maximum Gasteiger partial charge on any atom is 0.164 e. The van der Waals surface area contributed by atoms with Crippen molar-refractivity contribution in [1.82, 2.24) is 0 Å². The van der Waals surface area contributed by atoms with E-state index in [-0.39, 0.29) is 11.9 Å². The standard InChI is InChI=1S/C15H21NO3S/c1-18-15-9-11(13(17)6-7-16)4-5-14(15)19-12-3-2-8-20-10-12/h4-5,9,12H,2-3,6-8,10,16H2,1H3. The average Bonchev–Trinajstić information content (AvgIpc) is 2.49. The van der Waals surface area contributed by atoms with Crippen molar-refractivity contribution >= 4 is 17.5 Å². The molecule has 1 aromatic carbocycles. The second-order valence-electron chi connectivity index (χ2n) is 4.78. The van der Waals surface area contributed by atoms with Gasteiger partial charge in [0.25, 0.3) is 0 Å². The van der Waals surface area contributed by atoms with E-state index in [1.807, 2.05) is 17.8 Å². The predicted molar refractivity (Wildman–Crippen MR) is 82.0 cm³/mol. The molecule has 1 aliphatic rings. The van der Waals surface area contributed by atoms with E-state index in [2.05, 4.69) is 0 Å². The molecular formula is C15H21NO3S. The van der Waals surface area contributed by atoms with Gasteiger partial charge in [0.15, 0.2) is 17.3 Å². The minimum atomic E-state index is 0.0329. The van der Waals surface area contributed by atoms with E-state index in [1.54, 1.807) is 19.2 Å². The molecule has 0 radical (unpaired) electrons. The molecule has 0 aliphatic carbocycles. The van der Waals surface area contributed by atoms with Gasteiger partial charge in [0.1, 0.15) is 6.10 Å². The van der Waals surface area contributed by atoms with Crippen LogP contribution in [-0.2, 0) is 0 Å². The Hall–Kier alpha value is -1.20. The lowest BCUT2D eigenvalue weighted by Crippen LogP contribution is -2.23. The molecule has 4 nitrogen and oxygen atoms in total. The number of rotatable bonds is 6. The summed E-state index contributed by atoms with van der Waals surface area (Å²) in [5.41, 5.74) is 6.03. The largest absolute Gasteiger partial charge is 0.493 e. The minimum absolute atomic E-state index is 0.0329. The summed E-state index contributed by atoms with van der Waals surface area (Å²) in [6, 6.07) is 5.34. The molecule has 0 saturated carbocycles. The van der Waals surface area contributed by atoms with Gasteiger partial charge < -0.3 is 15.2 Å². The fourth-order valence-electron chi connectivity index (χ4n) is 2.20. The molecule has 1 unspecified atom stereocenters. The number of hydrogen-bond donors (Lipinski definition) is 1. The fourth-order valence-corrected chi connectivity index (χ4v) is 3.23. The number of nitrogens with two attached hydrogens (primary N) is 1. The molecule has 1 aromatic rings. The van der Waals surface area contributed by atoms with Crippen molar-refractivity contribution in [3.05, 3.63) is 23.8 Å². The Labute approximate surface area is 124 Å². The normalized spacial score (nSPS) is 18.6. The van der Waals surface area contributed by atoms with Crippen LogP contribution in [0, 0.1) is 0 Å². The van der Waals surface area contributed by atoms with Crippen molar-refractivity contribution in [1.29, 1.82) is 0 Å². The summed E-state index contributed by atoms with van der Waals surface area (Å²) >= 11 is 1.92. The van der Waals surface area contributed by atoms with Gasteiger partial charge in [-0.15, -0.1) is 0 Å². The Kier molecular flexibility index (Phi) is 5.73. The Morgan fingerprint density at radius 3 is 2.95 bits per heavy atom. The number of ether oxygens (including phenoxy) is 2. The van der Waals surface area contributed by atoms with Gasteiger partial charge in [-0.25, -0.2) is 0 Å². The van der Waals surface area contributed by atoms with Crippen LogP contribution in [0.1, 0.15) is 29.6 Å². The number of carbonyl (C=O) groups excluding carboxylic acids is 1. The number of thioether (sulfide) groups is 1. The third kappa shape index (κ3) is 3.90. The SMILES string of the molecule is COc1cc(C(=O)CCN)ccc1OC1CCCSC1. The summed E-state index contributed by atoms with van der Waals surface area (Å²) in [5.74, 6) is 3.58. The zero-order valence-electron chi connectivity index (χ0n) is 11.8. The van der Waals surface area contributed by atoms with E-state index < -0.39 is 0 Å². The molecular weight excluding hydrogens is 274 g/mol. The topological polar surface area (TPSA) is 61.5 Å². The quantitative estimate of drug-likeness (QED) is 0.817. The lowest BCUT2D eigenvalue weighted by molar-refractivity contribution is 0.0985. The van der Waals surface area contributed by atoms with Crippen molar-refractivity contribution in [2.45, 2.75) is 25.4 Å². The first-order chi connectivity index (χ1) is 9.74. The first kappa shape index (κ1) is 15.2. The van der Waals surface area contributed by atoms with E-state index in [0.717, 1.165) is 12.2 Å². The highest BCUT2D eigenvalue weighted by atomic mass is 32.2. The highest BCUT2D eigenvalue weighted by Crippen LogP contribution is 2.31. The van der Waals surface area contributed by atoms with Gasteiger partial charge in [-0.2, -0.15) is 11.8 Å². The van der Waals surface area contributed by atoms with Gasteiger partial charge in [-0.3, -0.25) is 4.79 Å². The van der Waals surface area contributed by atoms with Gasteiger partial charge in [-0.05, 0) is 43.3 Å². The number of ketones is 1. The summed E-state index contributed by atoms with van der Waals surface area (Å²) in [7, 11) is 1.59. The summed E-state index contributed by atoms with van der Waals surface area (Å²) < 4.78 is 11.3. The number of benzene rings is 1. The molecule has 5 heteroatoms. The van der Waals surface area contributed by atoms with Crippen LogP contribution in [0.3, 0.4) is 0 Å². The fraction of sp³-hybridized carbons (Fsp3) is 0.533. The Bertz CT molecular complexity index is 458. The van der Waals surface area contributed by atoms with Crippen molar-refractivity contribution in [2.24, 2.45) is 5.73 Å². The van der Waals surface area contributed by atoms with Gasteiger partial charge in [-0.1, -0.05) is 0 Å². The van der Waals surface area contributed by atoms with Crippen LogP contribution < -0.4 is 15.2 Å². The first-order valence-corrected chi connectivity index (χ1v) is 8.05. The summed E-state index contributed by atoms with van der Waals surface area (Å²) in [5, 5.41) is 0. The van der Waals surface area contributed by atoms with Gasteiger partial charge in [0.2, 0.25) is 0 Å². The van der Waals surface area contributed by atoms with E-state index in [1.165, 1.54) is 12.2 Å². The molecule has 110 valence electrons. The number of carbonyl (C=O) groups is 1. The number of hydrogen-bond acceptors (Lipinski definition) is 5. The zero-order valence-corrected chi connectivity index (χ0v) is 12.6. The molecule has 1 aliphatic heterocycles. The number of Topliss-reactive ketones (excluding diaryl/α,β-unsaturated/α-hetero) is 1. The highest BCUT2D eigenvalue weighted by Gasteiger charge is 2.18. The molecule has 20 heavy (non-hydrogen) atoms. The van der Waals surface area contributed by atoms with Crippen molar-refractivity contribution in [2.75, 3.05) is 25.2 Å². The minimum Gasteiger partial charge on any atom is -0.493 e. The Morgan fingerprint density at radius 1 is 1.45 bits per heavy atom. The molecule has 0 bridgehead atoms. The monoisotopic (exact) mass is 295 g/mol. The van der Waals surface area contributed by atoms with E-state index in [9.17, 15) is 4.79 Å². The second kappa shape index (κ2) is 7.55. The maximum absolute atomic E-state index is 11.8. The first-order valence-electron chi connectivity index (χ1n) is 6.90. The van der Waals surface area contributed by atoms with Crippen LogP contribution in [0.15, 0.2) is 18.2 Å². The third-order valence-electron chi connectivity index (χ3n) is 3.27.